The second-order valence-electron chi connectivity index (χ2n) is 6.68. The van der Waals surface area contributed by atoms with E-state index >= 15 is 0 Å². The van der Waals surface area contributed by atoms with Gasteiger partial charge in [-0.2, -0.15) is 0 Å². The third kappa shape index (κ3) is 2.11. The fourth-order valence-corrected chi connectivity index (χ4v) is 4.91. The van der Waals surface area contributed by atoms with Gasteiger partial charge in [0.2, 0.25) is 0 Å². The van der Waals surface area contributed by atoms with Gasteiger partial charge in [0.1, 0.15) is 9.53 Å². The van der Waals surface area contributed by atoms with E-state index in [-0.39, 0.29) is 21.0 Å². The lowest BCUT2D eigenvalue weighted by atomic mass is 9.51. The zero-order chi connectivity index (χ0) is 12.3. The smallest absolute Gasteiger partial charge is 0.319 e. The van der Waals surface area contributed by atoms with Crippen LogP contribution in [0.5, 0.6) is 0 Å². The Kier molecular flexibility index (Phi) is 2.75. The normalized spacial score (nSPS) is 49.1. The van der Waals surface area contributed by atoms with Gasteiger partial charge in [-0.3, -0.25) is 4.79 Å². The van der Waals surface area contributed by atoms with Crippen LogP contribution in [0.1, 0.15) is 45.4 Å². The van der Waals surface area contributed by atoms with Gasteiger partial charge in [0.15, 0.2) is 0 Å². The highest BCUT2D eigenvalue weighted by Crippen LogP contribution is 2.57. The zero-order valence-electron chi connectivity index (χ0n) is 10.4. The van der Waals surface area contributed by atoms with Gasteiger partial charge in [0.25, 0.3) is 0 Å². The summed E-state index contributed by atoms with van der Waals surface area (Å²) in [6.07, 6.45) is 7.04. The molecule has 0 saturated heterocycles. The average molecular weight is 350 g/mol. The van der Waals surface area contributed by atoms with Crippen LogP contribution in [0.2, 0.25) is 0 Å². The lowest BCUT2D eigenvalue weighted by molar-refractivity contribution is -0.511. The standard InChI is InChI=1S/C13H20INO2/c1-8(14)11(16)17-13-5-9-2-10(6-13)4-12(15,3-9)7-13/h8-10H,2-7,15H2,1H3/p+1. The molecule has 4 aliphatic carbocycles. The largest absolute Gasteiger partial charge is 0.458 e. The molecule has 4 fully saturated rings. The number of hydrogen-bond donors (Lipinski definition) is 1. The van der Waals surface area contributed by atoms with Crippen LogP contribution in [0, 0.1) is 11.8 Å². The van der Waals surface area contributed by atoms with Crippen LogP contribution in [0.4, 0.5) is 0 Å². The van der Waals surface area contributed by atoms with Crippen molar-refractivity contribution in [1.82, 2.24) is 0 Å². The molecular formula is C13H21INO2+. The topological polar surface area (TPSA) is 53.9 Å². The Morgan fingerprint density at radius 3 is 2.41 bits per heavy atom. The maximum Gasteiger partial charge on any atom is 0.319 e. The van der Waals surface area contributed by atoms with E-state index in [1.54, 1.807) is 0 Å². The van der Waals surface area contributed by atoms with Crippen LogP contribution in [-0.2, 0) is 9.53 Å². The molecule has 4 heteroatoms. The van der Waals surface area contributed by atoms with Gasteiger partial charge in [-0.1, -0.05) is 22.6 Å². The molecule has 0 amide bonds. The monoisotopic (exact) mass is 350 g/mol. The van der Waals surface area contributed by atoms with Crippen molar-refractivity contribution in [2.75, 3.05) is 0 Å². The summed E-state index contributed by atoms with van der Waals surface area (Å²) < 4.78 is 5.85. The number of halogens is 1. The molecule has 96 valence electrons. The first kappa shape index (κ1) is 12.2. The Hall–Kier alpha value is 0.160. The summed E-state index contributed by atoms with van der Waals surface area (Å²) >= 11 is 2.14. The third-order valence-electron chi connectivity index (χ3n) is 4.77. The van der Waals surface area contributed by atoms with Crippen LogP contribution in [0.15, 0.2) is 0 Å². The van der Waals surface area contributed by atoms with E-state index in [2.05, 4.69) is 28.3 Å². The first-order chi connectivity index (χ1) is 7.90. The Morgan fingerprint density at radius 2 is 1.94 bits per heavy atom. The molecule has 0 aromatic carbocycles. The van der Waals surface area contributed by atoms with Crippen LogP contribution < -0.4 is 5.73 Å². The van der Waals surface area contributed by atoms with Gasteiger partial charge in [-0.25, -0.2) is 0 Å². The van der Waals surface area contributed by atoms with Crippen LogP contribution in [-0.4, -0.2) is 21.0 Å². The first-order valence-corrected chi connectivity index (χ1v) is 7.87. The Labute approximate surface area is 116 Å². The molecule has 3 unspecified atom stereocenters. The Morgan fingerprint density at radius 1 is 1.35 bits per heavy atom. The number of carbonyl (C=O) groups is 1. The molecule has 4 rings (SSSR count). The van der Waals surface area contributed by atoms with Crippen molar-refractivity contribution < 1.29 is 15.3 Å². The molecule has 0 spiro atoms. The summed E-state index contributed by atoms with van der Waals surface area (Å²) in [4.78, 5) is 11.9. The number of ether oxygens (including phenoxy) is 1. The number of rotatable bonds is 2. The van der Waals surface area contributed by atoms with Crippen LogP contribution in [0.25, 0.3) is 0 Å². The number of hydrogen-bond acceptors (Lipinski definition) is 2. The average Bonchev–Trinajstić information content (AvgIpc) is 2.11. The number of carbonyl (C=O) groups excluding carboxylic acids is 1. The summed E-state index contributed by atoms with van der Waals surface area (Å²) in [5, 5.41) is 0. The van der Waals surface area contributed by atoms with E-state index in [0.29, 0.717) is 0 Å². The lowest BCUT2D eigenvalue weighted by Gasteiger charge is -2.58. The summed E-state index contributed by atoms with van der Waals surface area (Å²) in [5.41, 5.74) is 4.49. The Balaban J connectivity index is 1.81. The van der Waals surface area contributed by atoms with E-state index in [0.717, 1.165) is 31.1 Å². The van der Waals surface area contributed by atoms with Gasteiger partial charge in [0.05, 0.1) is 5.54 Å². The van der Waals surface area contributed by atoms with Crippen LogP contribution >= 0.6 is 22.6 Å². The fraction of sp³-hybridized carbons (Fsp3) is 0.923. The van der Waals surface area contributed by atoms with Crippen LogP contribution in [0.3, 0.4) is 0 Å². The van der Waals surface area contributed by atoms with Gasteiger partial charge < -0.3 is 10.5 Å². The van der Waals surface area contributed by atoms with Gasteiger partial charge in [0, 0.05) is 19.3 Å². The van der Waals surface area contributed by atoms with E-state index in [1.165, 1.54) is 19.3 Å². The van der Waals surface area contributed by atoms with E-state index < -0.39 is 0 Å². The van der Waals surface area contributed by atoms with Crippen molar-refractivity contribution in [3.05, 3.63) is 0 Å². The molecule has 0 aliphatic heterocycles. The van der Waals surface area contributed by atoms with E-state index in [1.807, 2.05) is 6.92 Å². The maximum absolute atomic E-state index is 11.9. The minimum atomic E-state index is -0.150. The van der Waals surface area contributed by atoms with E-state index in [9.17, 15) is 4.79 Å². The molecule has 0 aromatic rings. The molecule has 4 saturated carbocycles. The van der Waals surface area contributed by atoms with Crippen molar-refractivity contribution in [1.29, 1.82) is 0 Å². The highest BCUT2D eigenvalue weighted by Gasteiger charge is 2.60. The molecule has 17 heavy (non-hydrogen) atoms. The molecule has 3 atom stereocenters. The molecular weight excluding hydrogens is 329 g/mol. The third-order valence-corrected chi connectivity index (χ3v) is 5.28. The lowest BCUT2D eigenvalue weighted by Crippen LogP contribution is -2.80. The summed E-state index contributed by atoms with van der Waals surface area (Å²) in [5.74, 6) is 1.48. The Bertz CT molecular complexity index is 341. The minimum Gasteiger partial charge on any atom is -0.458 e. The second-order valence-corrected chi connectivity index (χ2v) is 8.55. The molecule has 0 radical (unpaired) electrons. The molecule has 0 heterocycles. The molecule has 4 aliphatic rings. The van der Waals surface area contributed by atoms with Crippen molar-refractivity contribution in [2.24, 2.45) is 11.8 Å². The summed E-state index contributed by atoms with van der Waals surface area (Å²) in [6, 6.07) is 0. The van der Waals surface area contributed by atoms with Crippen molar-refractivity contribution in [3.63, 3.8) is 0 Å². The van der Waals surface area contributed by atoms with Gasteiger partial charge in [-0.15, -0.1) is 0 Å². The SMILES string of the molecule is CC(I)C(=O)OC12CC3CC(CC([NH3+])(C3)C1)C2. The maximum atomic E-state index is 11.9. The molecule has 3 nitrogen and oxygen atoms in total. The van der Waals surface area contributed by atoms with Gasteiger partial charge >= 0.3 is 5.97 Å². The summed E-state index contributed by atoms with van der Waals surface area (Å²) in [6.45, 7) is 1.91. The molecule has 0 aromatic heterocycles. The predicted molar refractivity (Wildman–Crippen MR) is 72.6 cm³/mol. The zero-order valence-corrected chi connectivity index (χ0v) is 12.5. The fourth-order valence-electron chi connectivity index (χ4n) is 4.78. The highest BCUT2D eigenvalue weighted by molar-refractivity contribution is 14.1. The minimum absolute atomic E-state index is 0.0313. The molecule has 3 N–H and O–H groups in total. The van der Waals surface area contributed by atoms with Crippen molar-refractivity contribution in [3.8, 4) is 0 Å². The second kappa shape index (κ2) is 3.83. The molecule has 4 bridgehead atoms. The number of alkyl halides is 1. The predicted octanol–water partition coefficient (Wildman–Crippen LogP) is 1.69. The number of esters is 1. The van der Waals surface area contributed by atoms with Crippen molar-refractivity contribution in [2.45, 2.75) is 60.5 Å². The van der Waals surface area contributed by atoms with Crippen molar-refractivity contribution >= 4 is 28.6 Å². The first-order valence-electron chi connectivity index (χ1n) is 6.62. The highest BCUT2D eigenvalue weighted by atomic mass is 127. The quantitative estimate of drug-likeness (QED) is 0.468. The summed E-state index contributed by atoms with van der Waals surface area (Å²) in [7, 11) is 0. The van der Waals surface area contributed by atoms with Gasteiger partial charge in [-0.05, 0) is 38.0 Å². The number of quaternary nitrogens is 1. The van der Waals surface area contributed by atoms with E-state index in [4.69, 9.17) is 4.74 Å².